The first-order valence-corrected chi connectivity index (χ1v) is 29.1. The van der Waals surface area contributed by atoms with E-state index in [1.165, 1.54) is 44.2 Å². The number of anilines is 5. The van der Waals surface area contributed by atoms with Crippen molar-refractivity contribution < 1.29 is 28.4 Å². The lowest BCUT2D eigenvalue weighted by atomic mass is 9.99. The molecule has 390 valence electrons. The fourth-order valence-corrected chi connectivity index (χ4v) is 12.7. The maximum atomic E-state index is 13.3. The van der Waals surface area contributed by atoms with Crippen molar-refractivity contribution in [2.75, 3.05) is 94.9 Å². The third kappa shape index (κ3) is 12.1. The zero-order valence-corrected chi connectivity index (χ0v) is 44.4. The van der Waals surface area contributed by atoms with Gasteiger partial charge in [0.1, 0.15) is 36.3 Å². The zero-order chi connectivity index (χ0) is 51.3. The fourth-order valence-electron chi connectivity index (χ4n) is 11.4. The summed E-state index contributed by atoms with van der Waals surface area (Å²) in [6.07, 6.45) is 8.54. The van der Waals surface area contributed by atoms with Gasteiger partial charge >= 0.3 is 0 Å². The summed E-state index contributed by atoms with van der Waals surface area (Å²) in [5.74, 6) is 1.95. The first-order chi connectivity index (χ1) is 35.8. The third-order valence-corrected chi connectivity index (χ3v) is 17.3. The molecule has 2 unspecified atom stereocenters. The number of methoxy groups -OCH3 is 1. The van der Waals surface area contributed by atoms with Crippen LogP contribution in [-0.4, -0.2) is 139 Å². The highest BCUT2D eigenvalue weighted by molar-refractivity contribution is 7.70. The number of halogens is 1. The number of nitrogens with one attached hydrogen (secondary N) is 3. The largest absolute Gasteiger partial charge is 0.494 e. The molecule has 1 saturated carbocycles. The molecule has 74 heavy (non-hydrogen) atoms. The molecule has 1 aliphatic carbocycles. The highest BCUT2D eigenvalue weighted by Crippen LogP contribution is 2.40. The number of imide groups is 1. The summed E-state index contributed by atoms with van der Waals surface area (Å²) >= 11 is 6.52. The Labute approximate surface area is 439 Å². The average molecular weight is 1040 g/mol. The Morgan fingerprint density at radius 1 is 0.784 bits per heavy atom. The third-order valence-electron chi connectivity index (χ3n) is 15.5. The van der Waals surface area contributed by atoms with Crippen molar-refractivity contribution in [2.24, 2.45) is 5.92 Å². The van der Waals surface area contributed by atoms with Gasteiger partial charge in [-0.15, -0.1) is 0 Å². The van der Waals surface area contributed by atoms with Crippen molar-refractivity contribution >= 4 is 70.6 Å². The summed E-state index contributed by atoms with van der Waals surface area (Å²) in [5.41, 5.74) is 6.24. The molecule has 3 saturated heterocycles. The van der Waals surface area contributed by atoms with E-state index in [1.54, 1.807) is 37.6 Å². The minimum Gasteiger partial charge on any atom is -0.494 e. The number of hydrogen-bond donors (Lipinski definition) is 3. The number of piperidine rings is 1. The second kappa shape index (κ2) is 22.8. The monoisotopic (exact) mass is 1040 g/mol. The Bertz CT molecular complexity index is 2890. The maximum Gasteiger partial charge on any atom is 0.255 e. The molecule has 3 N–H and O–H groups in total. The Balaban J connectivity index is 0.641. The van der Waals surface area contributed by atoms with Crippen molar-refractivity contribution in [3.63, 3.8) is 0 Å². The number of ether oxygens (including phenoxy) is 2. The average Bonchev–Trinajstić information content (AvgIpc) is 3.56. The van der Waals surface area contributed by atoms with Gasteiger partial charge in [0.15, 0.2) is 5.82 Å². The van der Waals surface area contributed by atoms with Crippen LogP contribution in [0.2, 0.25) is 5.02 Å². The molecule has 5 aliphatic rings. The smallest absolute Gasteiger partial charge is 0.255 e. The molecular formula is C56H68ClN10O6P. The molecule has 10 rings (SSSR count). The van der Waals surface area contributed by atoms with E-state index in [0.29, 0.717) is 58.6 Å². The van der Waals surface area contributed by atoms with Gasteiger partial charge in [0.05, 0.1) is 31.2 Å². The topological polar surface area (TPSA) is 165 Å². The highest BCUT2D eigenvalue weighted by atomic mass is 35.5. The van der Waals surface area contributed by atoms with E-state index in [4.69, 9.17) is 21.1 Å². The molecule has 0 bridgehead atoms. The van der Waals surface area contributed by atoms with Gasteiger partial charge in [0.25, 0.3) is 5.91 Å². The van der Waals surface area contributed by atoms with Gasteiger partial charge in [-0.2, -0.15) is 4.98 Å². The quantitative estimate of drug-likeness (QED) is 0.0493. The number of para-hydroxylation sites is 1. The highest BCUT2D eigenvalue weighted by Gasteiger charge is 2.40. The number of piperazine rings is 2. The van der Waals surface area contributed by atoms with Crippen LogP contribution in [0.3, 0.4) is 0 Å². The maximum absolute atomic E-state index is 13.3. The van der Waals surface area contributed by atoms with E-state index in [-0.39, 0.29) is 24.8 Å². The predicted molar refractivity (Wildman–Crippen MR) is 291 cm³/mol. The number of carbonyl (C=O) groups excluding carboxylic acids is 3. The normalized spacial score (nSPS) is 21.2. The van der Waals surface area contributed by atoms with Gasteiger partial charge in [-0.05, 0) is 98.9 Å². The molecule has 0 spiro atoms. The molecule has 18 heteroatoms. The van der Waals surface area contributed by atoms with Gasteiger partial charge in [-0.25, -0.2) is 4.98 Å². The van der Waals surface area contributed by atoms with Crippen molar-refractivity contribution in [3.05, 3.63) is 118 Å². The van der Waals surface area contributed by atoms with Crippen LogP contribution < -0.4 is 35.6 Å². The standard InChI is InChI=1S/C56H68ClN10O6P/c1-72-50-32-42(20-21-46(50)60-56-58-33-45(57)53(62-56)59-47-11-4-5-13-51(47)74(2,3)71)66-30-28-65(29-31-66)41-9-6-8-38(18-19-41)34-63-24-26-64(27-25-63)35-39-14-16-40(17-15-39)37-73-49-12-7-10-43-44(49)36-67(55(43)70)48-22-23-52(68)61-54(48)69/h4-5,7,10-17,20-21,32-33,38,41,48H,6,8-9,18-19,22-31,34-37H2,1-3H3,(H,61,68,69)(H2,58,59,60,62)/t38?,41?,48-/m1/s1. The molecule has 4 aliphatic heterocycles. The molecule has 3 atom stereocenters. The minimum absolute atomic E-state index is 0.201. The van der Waals surface area contributed by atoms with Crippen LogP contribution in [0.5, 0.6) is 11.5 Å². The Morgan fingerprint density at radius 3 is 2.32 bits per heavy atom. The van der Waals surface area contributed by atoms with Crippen LogP contribution in [0.15, 0.2) is 91.1 Å². The Morgan fingerprint density at radius 2 is 1.55 bits per heavy atom. The van der Waals surface area contributed by atoms with Crippen LogP contribution in [-0.2, 0) is 33.9 Å². The van der Waals surface area contributed by atoms with Crippen LogP contribution in [0.1, 0.15) is 72.0 Å². The van der Waals surface area contributed by atoms with Gasteiger partial charge in [-0.1, -0.05) is 60.5 Å². The summed E-state index contributed by atoms with van der Waals surface area (Å²) in [5, 5.41) is 10.0. The SMILES string of the molecule is COc1cc(N2CCN(C3CCCC(CN4CCN(Cc5ccc(COc6cccc7c6CN([C@@H]6CCC(=O)NC6=O)C7=O)cc5)CC4)CC3)CC2)ccc1Nc1ncc(Cl)c(Nc2ccccc2P(C)(C)=O)n1. The summed E-state index contributed by atoms with van der Waals surface area (Å²) < 4.78 is 25.1. The second-order valence-corrected chi connectivity index (χ2v) is 24.4. The van der Waals surface area contributed by atoms with Gasteiger partial charge in [-0.3, -0.25) is 29.5 Å². The second-order valence-electron chi connectivity index (χ2n) is 20.8. The van der Waals surface area contributed by atoms with Crippen molar-refractivity contribution in [2.45, 2.75) is 76.7 Å². The number of benzene rings is 4. The summed E-state index contributed by atoms with van der Waals surface area (Å²) in [6, 6.07) is 27.8. The molecule has 4 fully saturated rings. The first kappa shape index (κ1) is 51.5. The molecular weight excluding hydrogens is 975 g/mol. The number of hydrogen-bond acceptors (Lipinski definition) is 14. The summed E-state index contributed by atoms with van der Waals surface area (Å²) in [6.45, 7) is 14.6. The van der Waals surface area contributed by atoms with Crippen LogP contribution in [0.4, 0.5) is 28.8 Å². The van der Waals surface area contributed by atoms with Crippen LogP contribution in [0, 0.1) is 5.92 Å². The number of aromatic nitrogens is 2. The molecule has 4 aromatic carbocycles. The molecule has 5 aromatic rings. The number of amides is 3. The van der Waals surface area contributed by atoms with Crippen molar-refractivity contribution in [3.8, 4) is 11.5 Å². The minimum atomic E-state index is -2.55. The predicted octanol–water partition coefficient (Wildman–Crippen LogP) is 8.10. The Hall–Kier alpha value is -6.03. The van der Waals surface area contributed by atoms with Crippen LogP contribution >= 0.6 is 18.7 Å². The van der Waals surface area contributed by atoms with E-state index >= 15 is 0 Å². The van der Waals surface area contributed by atoms with Crippen molar-refractivity contribution in [1.29, 1.82) is 0 Å². The molecule has 5 heterocycles. The fraction of sp³-hybridized carbons (Fsp3) is 0.446. The van der Waals surface area contributed by atoms with E-state index in [9.17, 15) is 18.9 Å². The van der Waals surface area contributed by atoms with Gasteiger partial charge < -0.3 is 39.4 Å². The van der Waals surface area contributed by atoms with Crippen molar-refractivity contribution in [1.82, 2.24) is 34.9 Å². The van der Waals surface area contributed by atoms with Crippen LogP contribution in [0.25, 0.3) is 0 Å². The molecule has 1 aromatic heterocycles. The van der Waals surface area contributed by atoms with Gasteiger partial charge in [0.2, 0.25) is 17.8 Å². The number of carbonyl (C=O) groups is 3. The molecule has 3 amide bonds. The zero-order valence-electron chi connectivity index (χ0n) is 42.7. The number of rotatable bonds is 16. The van der Waals surface area contributed by atoms with E-state index in [2.05, 4.69) is 81.9 Å². The lowest BCUT2D eigenvalue weighted by Gasteiger charge is -2.40. The number of nitrogens with zero attached hydrogens (tertiary/aromatic N) is 7. The first-order valence-electron chi connectivity index (χ1n) is 26.2. The molecule has 0 radical (unpaired) electrons. The lowest BCUT2D eigenvalue weighted by molar-refractivity contribution is -0.136. The summed E-state index contributed by atoms with van der Waals surface area (Å²) in [7, 11) is -0.871. The van der Waals surface area contributed by atoms with E-state index in [1.807, 2.05) is 42.5 Å². The molecule has 16 nitrogen and oxygen atoms in total. The number of fused-ring (bicyclic) bond motifs is 1. The van der Waals surface area contributed by atoms with E-state index < -0.39 is 19.1 Å². The lowest BCUT2D eigenvalue weighted by Crippen LogP contribution is -2.52. The van der Waals surface area contributed by atoms with E-state index in [0.717, 1.165) is 92.6 Å². The Kier molecular flexibility index (Phi) is 15.9. The summed E-state index contributed by atoms with van der Waals surface area (Å²) in [4.78, 5) is 58.6. The van der Waals surface area contributed by atoms with Gasteiger partial charge in [0, 0.05) is 106 Å².